The van der Waals surface area contributed by atoms with Crippen molar-refractivity contribution in [2.45, 2.75) is 104 Å². The SMILES string of the molecule is C=C(C)C(=O)OCC(CCCCCC)(COC(=O)C(=C)C)C(=O)OCCCCCCCCCCS(=O)(=O)O.[H-].[K+]. The van der Waals surface area contributed by atoms with Gasteiger partial charge in [0.1, 0.15) is 18.6 Å². The van der Waals surface area contributed by atoms with Crippen molar-refractivity contribution in [2.24, 2.45) is 5.41 Å². The minimum atomic E-state index is -3.88. The molecule has 0 aromatic rings. The number of hydrogen-bond acceptors (Lipinski definition) is 8. The van der Waals surface area contributed by atoms with Gasteiger partial charge < -0.3 is 15.6 Å². The van der Waals surface area contributed by atoms with Gasteiger partial charge >= 0.3 is 69.3 Å². The Bertz CT molecular complexity index is 845. The molecule has 0 spiro atoms. The van der Waals surface area contributed by atoms with Gasteiger partial charge in [-0.1, -0.05) is 84.3 Å². The number of hydrogen-bond donors (Lipinski definition) is 1. The van der Waals surface area contributed by atoms with Crippen LogP contribution in [0.1, 0.15) is 106 Å². The fraction of sp³-hybridized carbons (Fsp3) is 0.750. The zero-order valence-electron chi connectivity index (χ0n) is 25.6. The molecule has 0 aromatic heterocycles. The summed E-state index contributed by atoms with van der Waals surface area (Å²) in [7, 11) is -3.88. The summed E-state index contributed by atoms with van der Waals surface area (Å²) in [5.41, 5.74) is -0.905. The average Bonchev–Trinajstić information content (AvgIpc) is 2.84. The Balaban J connectivity index is -0.00000684. The van der Waals surface area contributed by atoms with E-state index in [1.54, 1.807) is 0 Å². The van der Waals surface area contributed by atoms with Crippen LogP contribution in [0.25, 0.3) is 0 Å². The van der Waals surface area contributed by atoms with E-state index in [9.17, 15) is 22.8 Å². The van der Waals surface area contributed by atoms with Gasteiger partial charge in [-0.2, -0.15) is 8.42 Å². The number of rotatable bonds is 23. The first-order valence-electron chi connectivity index (χ1n) is 13.6. The van der Waals surface area contributed by atoms with Gasteiger partial charge in [-0.25, -0.2) is 9.59 Å². The molecule has 0 saturated carbocycles. The maximum atomic E-state index is 13.3. The zero-order chi connectivity index (χ0) is 29.0. The molecular formula is C28H49KO9S. The third-order valence-electron chi connectivity index (χ3n) is 6.13. The molecular weight excluding hydrogens is 551 g/mol. The summed E-state index contributed by atoms with van der Waals surface area (Å²) < 4.78 is 46.5. The van der Waals surface area contributed by atoms with E-state index in [-0.39, 0.29) is 89.5 Å². The van der Waals surface area contributed by atoms with E-state index in [0.717, 1.165) is 57.8 Å². The van der Waals surface area contributed by atoms with Crippen LogP contribution < -0.4 is 51.4 Å². The quantitative estimate of drug-likeness (QED) is 0.0469. The van der Waals surface area contributed by atoms with Crippen LogP contribution in [0.2, 0.25) is 0 Å². The summed E-state index contributed by atoms with van der Waals surface area (Å²) in [5.74, 6) is -2.01. The molecule has 0 rings (SSSR count). The Morgan fingerprint density at radius 2 is 1.18 bits per heavy atom. The predicted octanol–water partition coefficient (Wildman–Crippen LogP) is 2.85. The summed E-state index contributed by atoms with van der Waals surface area (Å²) in [6.45, 7) is 11.9. The standard InChI is InChI=1S/C28H48O9S.K.H/c1-6-7-8-15-18-28(21-36-25(29)23(2)3,22-37-26(30)24(4)5)27(31)35-19-16-13-11-9-10-12-14-17-20-38(32,33)34;;/h2,4,6-22H2,1,3,5H3,(H,32,33,34);;/q;+1;-1. The van der Waals surface area contributed by atoms with Crippen molar-refractivity contribution in [3.05, 3.63) is 24.3 Å². The maximum Gasteiger partial charge on any atom is 1.00 e. The molecule has 0 radical (unpaired) electrons. The molecule has 0 fully saturated rings. The Hall–Kier alpha value is -0.564. The monoisotopic (exact) mass is 600 g/mol. The van der Waals surface area contributed by atoms with Gasteiger partial charge in [0.2, 0.25) is 0 Å². The van der Waals surface area contributed by atoms with E-state index in [0.29, 0.717) is 25.7 Å². The van der Waals surface area contributed by atoms with Crippen LogP contribution in [0, 0.1) is 5.41 Å². The van der Waals surface area contributed by atoms with Crippen molar-refractivity contribution in [1.29, 1.82) is 0 Å². The van der Waals surface area contributed by atoms with Crippen molar-refractivity contribution in [2.75, 3.05) is 25.6 Å². The third kappa shape index (κ3) is 20.9. The molecule has 0 aromatic carbocycles. The third-order valence-corrected chi connectivity index (χ3v) is 6.93. The van der Waals surface area contributed by atoms with E-state index in [1.807, 2.05) is 0 Å². The van der Waals surface area contributed by atoms with Crippen molar-refractivity contribution in [3.63, 3.8) is 0 Å². The minimum Gasteiger partial charge on any atom is -1.00 e. The second kappa shape index (κ2) is 23.0. The van der Waals surface area contributed by atoms with Gasteiger partial charge in [-0.05, 0) is 33.1 Å². The molecule has 0 saturated heterocycles. The molecule has 0 amide bonds. The molecule has 0 aliphatic carbocycles. The van der Waals surface area contributed by atoms with Crippen LogP contribution >= 0.6 is 0 Å². The molecule has 0 aliphatic rings. The average molecular weight is 601 g/mol. The second-order valence-corrected chi connectivity index (χ2v) is 11.6. The number of ether oxygens (including phenoxy) is 3. The Morgan fingerprint density at radius 3 is 1.62 bits per heavy atom. The number of carbonyl (C=O) groups excluding carboxylic acids is 3. The predicted molar refractivity (Wildman–Crippen MR) is 148 cm³/mol. The van der Waals surface area contributed by atoms with Crippen LogP contribution in [0.15, 0.2) is 24.3 Å². The van der Waals surface area contributed by atoms with Crippen molar-refractivity contribution < 1.29 is 94.4 Å². The molecule has 39 heavy (non-hydrogen) atoms. The molecule has 1 N–H and O–H groups in total. The summed E-state index contributed by atoms with van der Waals surface area (Å²) in [4.78, 5) is 37.5. The number of esters is 3. The van der Waals surface area contributed by atoms with Gasteiger partial charge in [0.05, 0.1) is 12.4 Å². The first-order chi connectivity index (χ1) is 17.8. The van der Waals surface area contributed by atoms with E-state index in [2.05, 4.69) is 20.1 Å². The fourth-order valence-corrected chi connectivity index (χ4v) is 4.28. The molecule has 0 bridgehead atoms. The van der Waals surface area contributed by atoms with Gasteiger partial charge in [-0.15, -0.1) is 0 Å². The van der Waals surface area contributed by atoms with Crippen molar-refractivity contribution in [1.82, 2.24) is 0 Å². The number of unbranched alkanes of at least 4 members (excludes halogenated alkanes) is 10. The fourth-order valence-electron chi connectivity index (χ4n) is 3.72. The van der Waals surface area contributed by atoms with E-state index >= 15 is 0 Å². The molecule has 0 heterocycles. The van der Waals surface area contributed by atoms with Gasteiger partial charge in [0.15, 0.2) is 0 Å². The van der Waals surface area contributed by atoms with Crippen LogP contribution in [0.3, 0.4) is 0 Å². The van der Waals surface area contributed by atoms with Gasteiger partial charge in [-0.3, -0.25) is 9.35 Å². The van der Waals surface area contributed by atoms with Crippen LogP contribution in [-0.4, -0.2) is 56.5 Å². The molecule has 222 valence electrons. The smallest absolute Gasteiger partial charge is 1.00 e. The van der Waals surface area contributed by atoms with E-state index < -0.39 is 33.4 Å². The van der Waals surface area contributed by atoms with Crippen molar-refractivity contribution >= 4 is 28.0 Å². The van der Waals surface area contributed by atoms with Gasteiger partial charge in [0.25, 0.3) is 10.1 Å². The minimum absolute atomic E-state index is 0. The molecule has 11 heteroatoms. The molecule has 0 atom stereocenters. The number of carbonyl (C=O) groups is 3. The normalized spacial score (nSPS) is 11.3. The molecule has 9 nitrogen and oxygen atoms in total. The topological polar surface area (TPSA) is 133 Å². The summed E-state index contributed by atoms with van der Waals surface area (Å²) >= 11 is 0. The molecule has 0 aliphatic heterocycles. The summed E-state index contributed by atoms with van der Waals surface area (Å²) in [6.07, 6.45) is 10.4. The second-order valence-electron chi connectivity index (χ2n) is 10.1. The van der Waals surface area contributed by atoms with Crippen LogP contribution in [0.4, 0.5) is 0 Å². The Morgan fingerprint density at radius 1 is 0.744 bits per heavy atom. The van der Waals surface area contributed by atoms with Crippen molar-refractivity contribution in [3.8, 4) is 0 Å². The maximum absolute atomic E-state index is 13.3. The first-order valence-corrected chi connectivity index (χ1v) is 15.2. The van der Waals surface area contributed by atoms with E-state index in [4.69, 9.17) is 18.8 Å². The van der Waals surface area contributed by atoms with Crippen LogP contribution in [-0.2, 0) is 38.7 Å². The van der Waals surface area contributed by atoms with Gasteiger partial charge in [0, 0.05) is 11.1 Å². The summed E-state index contributed by atoms with van der Waals surface area (Å²) in [6, 6.07) is 0. The Labute approximate surface area is 279 Å². The van der Waals surface area contributed by atoms with Crippen LogP contribution in [0.5, 0.6) is 0 Å². The summed E-state index contributed by atoms with van der Waals surface area (Å²) in [5, 5.41) is 0. The van der Waals surface area contributed by atoms with E-state index in [1.165, 1.54) is 13.8 Å². The largest absolute Gasteiger partial charge is 1.00 e. The first kappa shape index (κ1) is 40.6. The molecule has 0 unspecified atom stereocenters. The Kier molecular flexibility index (Phi) is 24.0. The zero-order valence-corrected chi connectivity index (χ0v) is 28.5.